The summed E-state index contributed by atoms with van der Waals surface area (Å²) in [4.78, 5) is 14.6. The number of nitrogens with zero attached hydrogens (tertiary/aromatic N) is 1. The highest BCUT2D eigenvalue weighted by Crippen LogP contribution is 2.29. The molecule has 1 aromatic carbocycles. The van der Waals surface area contributed by atoms with Gasteiger partial charge in [-0.3, -0.25) is 4.79 Å². The third-order valence-electron chi connectivity index (χ3n) is 2.34. The number of fused-ring (bicyclic) bond motifs is 1. The summed E-state index contributed by atoms with van der Waals surface area (Å²) in [6.07, 6.45) is 0. The molecule has 0 amide bonds. The van der Waals surface area contributed by atoms with Crippen LogP contribution in [-0.2, 0) is 0 Å². The Hall–Kier alpha value is -2.06. The molecule has 0 aliphatic rings. The highest BCUT2D eigenvalue weighted by atomic mass is 79.9. The van der Waals surface area contributed by atoms with E-state index in [0.29, 0.717) is 15.4 Å². The number of aromatic nitrogens is 1. The minimum Gasteiger partial charge on any atom is -0.507 e. The number of Topliss-reactive ketones (excluding diaryl/α,β-unsaturated/α-hetero) is 1. The van der Waals surface area contributed by atoms with Gasteiger partial charge in [-0.05, 0) is 34.1 Å². The maximum absolute atomic E-state index is 11.7. The third kappa shape index (κ3) is 1.95. The lowest BCUT2D eigenvalue weighted by molar-refractivity contribution is 0.103. The number of hydrogen-bond donors (Lipinski definition) is 2. The molecule has 17 heavy (non-hydrogen) atoms. The van der Waals surface area contributed by atoms with Gasteiger partial charge in [0.1, 0.15) is 11.8 Å². The van der Waals surface area contributed by atoms with Crippen molar-refractivity contribution in [2.45, 2.75) is 0 Å². The number of rotatable bonds is 2. The number of aromatic hydroxyl groups is 1. The number of phenols is 1. The maximum atomic E-state index is 11.7. The fourth-order valence-corrected chi connectivity index (χ4v) is 1.82. The number of hydrogen-bond acceptors (Lipinski definition) is 3. The van der Waals surface area contributed by atoms with Gasteiger partial charge >= 0.3 is 0 Å². The van der Waals surface area contributed by atoms with E-state index in [4.69, 9.17) is 5.26 Å². The molecule has 5 heteroatoms. The van der Waals surface area contributed by atoms with Crippen molar-refractivity contribution in [3.63, 3.8) is 0 Å². The first-order chi connectivity index (χ1) is 8.02. The highest BCUT2D eigenvalue weighted by Gasteiger charge is 2.13. The number of phenolic OH excluding ortho intramolecular Hbond substituents is 1. The number of allylic oxidation sites excluding steroid dienone is 1. The Bertz CT molecular complexity index is 641. The molecule has 0 radical (unpaired) electrons. The van der Waals surface area contributed by atoms with E-state index in [1.54, 1.807) is 18.2 Å². The molecule has 0 fully saturated rings. The fraction of sp³-hybridized carbons (Fsp3) is 0. The van der Waals surface area contributed by atoms with Gasteiger partial charge in [-0.25, -0.2) is 0 Å². The van der Waals surface area contributed by atoms with Gasteiger partial charge in [-0.1, -0.05) is 6.58 Å². The topological polar surface area (TPSA) is 76.9 Å². The summed E-state index contributed by atoms with van der Waals surface area (Å²) in [7, 11) is 0. The van der Waals surface area contributed by atoms with Gasteiger partial charge < -0.3 is 10.1 Å². The first-order valence-electron chi connectivity index (χ1n) is 4.68. The monoisotopic (exact) mass is 290 g/mol. The van der Waals surface area contributed by atoms with Gasteiger partial charge in [0.25, 0.3) is 0 Å². The van der Waals surface area contributed by atoms with E-state index in [0.717, 1.165) is 0 Å². The summed E-state index contributed by atoms with van der Waals surface area (Å²) < 4.78 is 0.532. The molecule has 1 aromatic heterocycles. The number of nitrogens with one attached hydrogen (secondary N) is 1. The first-order valence-corrected chi connectivity index (χ1v) is 5.47. The number of H-pyrrole nitrogens is 1. The molecule has 0 atom stereocenters. The van der Waals surface area contributed by atoms with Crippen LogP contribution in [0.3, 0.4) is 0 Å². The number of aromatic amines is 1. The molecule has 0 saturated carbocycles. The summed E-state index contributed by atoms with van der Waals surface area (Å²) in [6.45, 7) is 3.37. The Balaban J connectivity index is 2.56. The number of halogens is 1. The van der Waals surface area contributed by atoms with Crippen molar-refractivity contribution in [1.82, 2.24) is 4.98 Å². The smallest absolute Gasteiger partial charge is 0.219 e. The molecule has 0 saturated heterocycles. The molecule has 4 nitrogen and oxygen atoms in total. The van der Waals surface area contributed by atoms with Crippen LogP contribution in [0.2, 0.25) is 0 Å². The standard InChI is InChI=1S/C12H7BrN2O2/c1-6(5-14)12(17)10-2-7-3-11(16)8(13)4-9(7)15-10/h2-4,15-16H,1H2. The van der Waals surface area contributed by atoms with Gasteiger partial charge in [0, 0.05) is 10.9 Å². The number of carbonyl (C=O) groups excluding carboxylic acids is 1. The fourth-order valence-electron chi connectivity index (χ4n) is 1.48. The third-order valence-corrected chi connectivity index (χ3v) is 2.98. The van der Waals surface area contributed by atoms with Gasteiger partial charge in [0.05, 0.1) is 15.7 Å². The van der Waals surface area contributed by atoms with Crippen molar-refractivity contribution in [3.05, 3.63) is 40.5 Å². The average molecular weight is 291 g/mol. The van der Waals surface area contributed by atoms with Gasteiger partial charge in [0.15, 0.2) is 0 Å². The lowest BCUT2D eigenvalue weighted by Gasteiger charge is -1.95. The lowest BCUT2D eigenvalue weighted by Crippen LogP contribution is -2.00. The van der Waals surface area contributed by atoms with Crippen molar-refractivity contribution in [2.75, 3.05) is 0 Å². The quantitative estimate of drug-likeness (QED) is 0.507. The Labute approximate surface area is 105 Å². The number of nitriles is 1. The van der Waals surface area contributed by atoms with Crippen LogP contribution in [0.4, 0.5) is 0 Å². The lowest BCUT2D eigenvalue weighted by atomic mass is 10.1. The molecule has 1 heterocycles. The zero-order valence-electron chi connectivity index (χ0n) is 8.62. The molecule has 2 rings (SSSR count). The maximum Gasteiger partial charge on any atom is 0.219 e. The highest BCUT2D eigenvalue weighted by molar-refractivity contribution is 9.10. The molecule has 84 valence electrons. The van der Waals surface area contributed by atoms with E-state index in [1.165, 1.54) is 6.07 Å². The molecule has 0 spiro atoms. The zero-order valence-corrected chi connectivity index (χ0v) is 10.2. The van der Waals surface area contributed by atoms with Crippen LogP contribution >= 0.6 is 15.9 Å². The van der Waals surface area contributed by atoms with Crippen LogP contribution in [0, 0.1) is 11.3 Å². The van der Waals surface area contributed by atoms with E-state index in [9.17, 15) is 9.90 Å². The van der Waals surface area contributed by atoms with Gasteiger partial charge in [0.2, 0.25) is 5.78 Å². The molecule has 0 aliphatic heterocycles. The Morgan fingerprint density at radius 1 is 1.47 bits per heavy atom. The van der Waals surface area contributed by atoms with Crippen LogP contribution in [0.5, 0.6) is 5.75 Å². The van der Waals surface area contributed by atoms with Gasteiger partial charge in [-0.2, -0.15) is 5.26 Å². The summed E-state index contributed by atoms with van der Waals surface area (Å²) in [5.41, 5.74) is 0.854. The summed E-state index contributed by atoms with van der Waals surface area (Å²) in [5, 5.41) is 18.8. The SMILES string of the molecule is C=C(C#N)C(=O)c1cc2cc(O)c(Br)cc2[nH]1. The molecular formula is C12H7BrN2O2. The first kappa shape index (κ1) is 11.4. The largest absolute Gasteiger partial charge is 0.507 e. The Morgan fingerprint density at radius 2 is 2.18 bits per heavy atom. The minimum atomic E-state index is -0.445. The minimum absolute atomic E-state index is 0.0922. The molecule has 0 aliphatic carbocycles. The summed E-state index contributed by atoms with van der Waals surface area (Å²) in [6, 6.07) is 6.48. The van der Waals surface area contributed by atoms with E-state index in [2.05, 4.69) is 27.5 Å². The van der Waals surface area contributed by atoms with Crippen LogP contribution in [0.1, 0.15) is 10.5 Å². The summed E-state index contributed by atoms with van der Waals surface area (Å²) in [5.74, 6) is -0.353. The summed E-state index contributed by atoms with van der Waals surface area (Å²) >= 11 is 3.18. The second-order valence-corrected chi connectivity index (χ2v) is 4.35. The van der Waals surface area contributed by atoms with Crippen LogP contribution in [0.15, 0.2) is 34.8 Å². The number of carbonyl (C=O) groups is 1. The van der Waals surface area contributed by atoms with Crippen LogP contribution in [0.25, 0.3) is 10.9 Å². The average Bonchev–Trinajstić information content (AvgIpc) is 2.70. The van der Waals surface area contributed by atoms with Crippen molar-refractivity contribution >= 4 is 32.6 Å². The number of benzene rings is 1. The molecule has 0 bridgehead atoms. The van der Waals surface area contributed by atoms with E-state index < -0.39 is 5.78 Å². The predicted octanol–water partition coefficient (Wildman–Crippen LogP) is 2.90. The van der Waals surface area contributed by atoms with Crippen LogP contribution in [-0.4, -0.2) is 15.9 Å². The van der Waals surface area contributed by atoms with Crippen molar-refractivity contribution in [1.29, 1.82) is 5.26 Å². The molecule has 2 aromatic rings. The molecular weight excluding hydrogens is 284 g/mol. The molecule has 2 N–H and O–H groups in total. The van der Waals surface area contributed by atoms with E-state index in [1.807, 2.05) is 0 Å². The van der Waals surface area contributed by atoms with E-state index >= 15 is 0 Å². The molecule has 0 unspecified atom stereocenters. The van der Waals surface area contributed by atoms with E-state index in [-0.39, 0.29) is 17.0 Å². The second kappa shape index (κ2) is 4.07. The normalized spacial score (nSPS) is 10.1. The van der Waals surface area contributed by atoms with Crippen molar-refractivity contribution in [3.8, 4) is 11.8 Å². The van der Waals surface area contributed by atoms with Gasteiger partial charge in [-0.15, -0.1) is 0 Å². The van der Waals surface area contributed by atoms with Crippen LogP contribution < -0.4 is 0 Å². The zero-order chi connectivity index (χ0) is 12.6. The predicted molar refractivity (Wildman–Crippen MR) is 66.7 cm³/mol. The Morgan fingerprint density at radius 3 is 2.82 bits per heavy atom. The van der Waals surface area contributed by atoms with Crippen molar-refractivity contribution in [2.24, 2.45) is 0 Å². The Kier molecular flexibility index (Phi) is 2.74. The second-order valence-electron chi connectivity index (χ2n) is 3.49. The number of ketones is 1. The van der Waals surface area contributed by atoms with Crippen molar-refractivity contribution < 1.29 is 9.90 Å².